The number of anilines is 1. The highest BCUT2D eigenvalue weighted by molar-refractivity contribution is 9.10. The topological polar surface area (TPSA) is 117 Å². The number of carboxylic acids is 1. The van der Waals surface area contributed by atoms with Gasteiger partial charge in [-0.05, 0) is 79.3 Å². The summed E-state index contributed by atoms with van der Waals surface area (Å²) in [5.41, 5.74) is 1.93. The van der Waals surface area contributed by atoms with Gasteiger partial charge in [0.2, 0.25) is 5.82 Å². The summed E-state index contributed by atoms with van der Waals surface area (Å²) in [6, 6.07) is 10.4. The van der Waals surface area contributed by atoms with Crippen molar-refractivity contribution >= 4 is 33.5 Å². The molecule has 0 bridgehead atoms. The van der Waals surface area contributed by atoms with Crippen LogP contribution < -0.4 is 4.90 Å². The highest BCUT2D eigenvalue weighted by Crippen LogP contribution is 2.32. The summed E-state index contributed by atoms with van der Waals surface area (Å²) in [5, 5.41) is 16.5. The first-order valence-corrected chi connectivity index (χ1v) is 16.5. The highest BCUT2D eigenvalue weighted by Gasteiger charge is 2.38. The molecule has 2 saturated heterocycles. The lowest BCUT2D eigenvalue weighted by Gasteiger charge is -2.38. The number of nitrogens with zero attached hydrogens (tertiary/aromatic N) is 7. The molecule has 1 aliphatic carbocycles. The van der Waals surface area contributed by atoms with Crippen LogP contribution in [0.5, 0.6) is 0 Å². The molecule has 14 heteroatoms. The number of nitriles is 1. The quantitative estimate of drug-likeness (QED) is 0.363. The van der Waals surface area contributed by atoms with Gasteiger partial charge in [0.05, 0.1) is 11.0 Å². The maximum Gasteiger partial charge on any atom is 0.490 e. The molecular weight excluding hydrogens is 667 g/mol. The summed E-state index contributed by atoms with van der Waals surface area (Å²) < 4.78 is 32.4. The third-order valence-corrected chi connectivity index (χ3v) is 9.45. The summed E-state index contributed by atoms with van der Waals surface area (Å²) in [6.07, 6.45) is 3.51. The van der Waals surface area contributed by atoms with E-state index in [-0.39, 0.29) is 24.2 Å². The van der Waals surface area contributed by atoms with E-state index in [4.69, 9.17) is 9.90 Å². The first-order chi connectivity index (χ1) is 21.9. The van der Waals surface area contributed by atoms with Crippen LogP contribution in [0.4, 0.5) is 19.0 Å². The van der Waals surface area contributed by atoms with Crippen molar-refractivity contribution in [3.8, 4) is 6.07 Å². The largest absolute Gasteiger partial charge is 0.490 e. The number of Topliss-reactive ketones (excluding diaryl/α,β-unsaturated/α-hetero) is 1. The van der Waals surface area contributed by atoms with Crippen molar-refractivity contribution in [3.05, 3.63) is 51.9 Å². The predicted molar refractivity (Wildman–Crippen MR) is 170 cm³/mol. The number of hydrogen-bond donors (Lipinski definition) is 1. The van der Waals surface area contributed by atoms with Gasteiger partial charge in [0.15, 0.2) is 5.78 Å². The van der Waals surface area contributed by atoms with Gasteiger partial charge in [-0.25, -0.2) is 14.8 Å². The predicted octanol–water partition coefficient (Wildman–Crippen LogP) is 4.84. The third-order valence-electron chi connectivity index (χ3n) is 8.89. The molecule has 0 amide bonds. The van der Waals surface area contributed by atoms with Crippen LogP contribution in [-0.4, -0.2) is 113 Å². The van der Waals surface area contributed by atoms with Crippen LogP contribution >= 0.6 is 15.9 Å². The molecule has 3 heterocycles. The first-order valence-electron chi connectivity index (χ1n) is 15.7. The lowest BCUT2D eigenvalue weighted by atomic mass is 9.96. The molecule has 5 rings (SSSR count). The SMILES string of the molecule is CN1CCC(CN2CCN(Cc3cccc(C(=O)CN(c4nc(C#N)ncc4Br)C4CCCC4)c3)CC2)CC1.O=C(O)C(F)(F)F. The molecule has 250 valence electrons. The fraction of sp³-hybridized carbons (Fsp3) is 0.594. The van der Waals surface area contributed by atoms with E-state index in [0.29, 0.717) is 10.3 Å². The lowest BCUT2D eigenvalue weighted by Crippen LogP contribution is -2.48. The minimum atomic E-state index is -5.08. The zero-order valence-electron chi connectivity index (χ0n) is 26.1. The van der Waals surface area contributed by atoms with Crippen LogP contribution in [0.25, 0.3) is 0 Å². The van der Waals surface area contributed by atoms with Gasteiger partial charge in [-0.3, -0.25) is 9.69 Å². The molecule has 0 spiro atoms. The molecule has 2 aliphatic heterocycles. The van der Waals surface area contributed by atoms with Crippen molar-refractivity contribution in [2.75, 3.05) is 64.3 Å². The highest BCUT2D eigenvalue weighted by atomic mass is 79.9. The number of benzene rings is 1. The molecule has 1 aromatic heterocycles. The zero-order valence-corrected chi connectivity index (χ0v) is 27.6. The number of rotatable bonds is 9. The molecule has 3 fully saturated rings. The number of likely N-dealkylation sites (tertiary alicyclic amines) is 1. The molecule has 10 nitrogen and oxygen atoms in total. The van der Waals surface area contributed by atoms with Gasteiger partial charge in [0, 0.05) is 57.1 Å². The van der Waals surface area contributed by atoms with Gasteiger partial charge in [-0.15, -0.1) is 0 Å². The van der Waals surface area contributed by atoms with Crippen molar-refractivity contribution in [3.63, 3.8) is 0 Å². The van der Waals surface area contributed by atoms with Crippen LogP contribution in [-0.2, 0) is 11.3 Å². The molecule has 0 atom stereocenters. The van der Waals surface area contributed by atoms with E-state index >= 15 is 0 Å². The molecule has 2 aromatic rings. The Morgan fingerprint density at radius 1 is 1.07 bits per heavy atom. The van der Waals surface area contributed by atoms with Crippen LogP contribution in [0.15, 0.2) is 34.9 Å². The van der Waals surface area contributed by atoms with E-state index in [0.717, 1.165) is 69.9 Å². The van der Waals surface area contributed by atoms with Crippen molar-refractivity contribution in [2.45, 2.75) is 57.3 Å². The lowest BCUT2D eigenvalue weighted by molar-refractivity contribution is -0.192. The van der Waals surface area contributed by atoms with E-state index < -0.39 is 12.1 Å². The number of alkyl halides is 3. The Morgan fingerprint density at radius 2 is 1.70 bits per heavy atom. The average Bonchev–Trinajstić information content (AvgIpc) is 3.57. The molecule has 3 aliphatic rings. The van der Waals surface area contributed by atoms with E-state index in [2.05, 4.69) is 64.7 Å². The third kappa shape index (κ3) is 10.4. The fourth-order valence-corrected chi connectivity index (χ4v) is 6.71. The van der Waals surface area contributed by atoms with Crippen molar-refractivity contribution in [2.24, 2.45) is 5.92 Å². The van der Waals surface area contributed by atoms with Crippen molar-refractivity contribution < 1.29 is 27.9 Å². The monoisotopic (exact) mass is 707 g/mol. The van der Waals surface area contributed by atoms with Gasteiger partial charge >= 0.3 is 12.1 Å². The second kappa shape index (κ2) is 16.6. The maximum absolute atomic E-state index is 13.6. The van der Waals surface area contributed by atoms with Crippen LogP contribution in [0.2, 0.25) is 0 Å². The average molecular weight is 709 g/mol. The molecule has 1 aromatic carbocycles. The van der Waals surface area contributed by atoms with Crippen LogP contribution in [0.3, 0.4) is 0 Å². The number of hydrogen-bond acceptors (Lipinski definition) is 9. The number of aromatic nitrogens is 2. The number of piperidine rings is 1. The summed E-state index contributed by atoms with van der Waals surface area (Å²) in [4.78, 5) is 40.7. The molecule has 1 N–H and O–H groups in total. The minimum absolute atomic E-state index is 0.0794. The van der Waals surface area contributed by atoms with Crippen molar-refractivity contribution in [1.82, 2.24) is 24.7 Å². The number of piperazine rings is 1. The van der Waals surface area contributed by atoms with Gasteiger partial charge in [0.1, 0.15) is 11.9 Å². The Balaban J connectivity index is 0.000000617. The molecule has 1 saturated carbocycles. The van der Waals surface area contributed by atoms with E-state index in [1.165, 1.54) is 38.0 Å². The van der Waals surface area contributed by atoms with E-state index in [1.807, 2.05) is 18.2 Å². The molecule has 0 radical (unpaired) electrons. The summed E-state index contributed by atoms with van der Waals surface area (Å²) in [7, 11) is 2.23. The van der Waals surface area contributed by atoms with Gasteiger partial charge < -0.3 is 19.8 Å². The first kappa shape index (κ1) is 35.7. The van der Waals surface area contributed by atoms with E-state index in [9.17, 15) is 23.2 Å². The summed E-state index contributed by atoms with van der Waals surface area (Å²) in [6.45, 7) is 9.21. The Labute approximate surface area is 276 Å². The zero-order chi connectivity index (χ0) is 33.3. The molecule has 0 unspecified atom stereocenters. The summed E-state index contributed by atoms with van der Waals surface area (Å²) >= 11 is 3.56. The Morgan fingerprint density at radius 3 is 2.30 bits per heavy atom. The Kier molecular flexibility index (Phi) is 12.9. The maximum atomic E-state index is 13.6. The normalized spacial score (nSPS) is 18.9. The standard InChI is InChI=1S/C30H40BrN7O.C2HF3O2/c1-35-11-9-23(10-12-35)20-36-13-15-37(16-14-36)21-24-5-4-6-25(17-24)28(39)22-38(26-7-2-3-8-26)30-27(31)19-33-29(18-32)34-30;3-2(4,5)1(6)7/h4-6,17,19,23,26H,2-3,7-16,20-22H2,1H3;(H,6,7). The van der Waals surface area contributed by atoms with Gasteiger partial charge in [-0.2, -0.15) is 18.4 Å². The minimum Gasteiger partial charge on any atom is -0.475 e. The van der Waals surface area contributed by atoms with Crippen LogP contribution in [0, 0.1) is 17.2 Å². The smallest absolute Gasteiger partial charge is 0.475 e. The molecule has 46 heavy (non-hydrogen) atoms. The Bertz CT molecular complexity index is 1370. The number of carbonyl (C=O) groups is 2. The number of carboxylic acid groups (broad SMARTS) is 1. The van der Waals surface area contributed by atoms with E-state index in [1.54, 1.807) is 6.20 Å². The summed E-state index contributed by atoms with van der Waals surface area (Å²) in [5.74, 6) is -1.08. The second-order valence-corrected chi connectivity index (χ2v) is 13.1. The fourth-order valence-electron chi connectivity index (χ4n) is 6.29. The number of halogens is 4. The number of aliphatic carboxylic acids is 1. The molecular formula is C32H41BrF3N7O3. The van der Waals surface area contributed by atoms with Crippen LogP contribution in [0.1, 0.15) is 60.3 Å². The second-order valence-electron chi connectivity index (χ2n) is 12.3. The number of ketones is 1. The Hall–Kier alpha value is -3.12. The number of carbonyl (C=O) groups excluding carboxylic acids is 1. The van der Waals surface area contributed by atoms with Gasteiger partial charge in [-0.1, -0.05) is 31.0 Å². The van der Waals surface area contributed by atoms with Gasteiger partial charge in [0.25, 0.3) is 0 Å². The van der Waals surface area contributed by atoms with Crippen molar-refractivity contribution in [1.29, 1.82) is 5.26 Å².